The molecule has 0 spiro atoms. The van der Waals surface area contributed by atoms with Crippen LogP contribution in [-0.4, -0.2) is 42.0 Å². The Kier molecular flexibility index (Phi) is 6.20. The minimum atomic E-state index is -2.68. The molecule has 0 radical (unpaired) electrons. The molecule has 0 aromatic rings. The third-order valence-electron chi connectivity index (χ3n) is 2.04. The van der Waals surface area contributed by atoms with Crippen molar-refractivity contribution in [3.8, 4) is 0 Å². The summed E-state index contributed by atoms with van der Waals surface area (Å²) in [6.07, 6.45) is 0.395. The van der Waals surface area contributed by atoms with E-state index in [4.69, 9.17) is 16.6 Å². The van der Waals surface area contributed by atoms with Gasteiger partial charge in [0.25, 0.3) is 0 Å². The number of aliphatic hydroxyl groups is 1. The molecular formula is C8H17N2O4P. The first kappa shape index (κ1) is 14.1. The van der Waals surface area contributed by atoms with Crippen molar-refractivity contribution in [2.45, 2.75) is 12.8 Å². The Morgan fingerprint density at radius 1 is 1.00 bits per heavy atom. The van der Waals surface area contributed by atoms with Gasteiger partial charge in [-0.2, -0.15) is 0 Å². The van der Waals surface area contributed by atoms with Crippen LogP contribution in [-0.2, 0) is 14.2 Å². The first-order valence-electron chi connectivity index (χ1n) is 4.64. The monoisotopic (exact) mass is 236 g/mol. The summed E-state index contributed by atoms with van der Waals surface area (Å²) in [6.45, 7) is -0.227. The summed E-state index contributed by atoms with van der Waals surface area (Å²) in [7, 11) is -2.68. The van der Waals surface area contributed by atoms with Crippen molar-refractivity contribution in [1.29, 1.82) is 0 Å². The van der Waals surface area contributed by atoms with Crippen molar-refractivity contribution in [3.05, 3.63) is 0 Å². The van der Waals surface area contributed by atoms with Crippen LogP contribution in [0.3, 0.4) is 0 Å². The van der Waals surface area contributed by atoms with E-state index < -0.39 is 19.0 Å². The van der Waals surface area contributed by atoms with E-state index in [-0.39, 0.29) is 37.9 Å². The first-order chi connectivity index (χ1) is 6.89. The second kappa shape index (κ2) is 6.58. The van der Waals surface area contributed by atoms with Gasteiger partial charge in [-0.25, -0.2) is 0 Å². The smallest absolute Gasteiger partial charge is 0.217 e. The molecule has 0 bridgehead atoms. The molecule has 88 valence electrons. The van der Waals surface area contributed by atoms with Crippen molar-refractivity contribution in [1.82, 2.24) is 0 Å². The maximum Gasteiger partial charge on any atom is 0.217 e. The van der Waals surface area contributed by atoms with E-state index >= 15 is 0 Å². The molecule has 0 saturated heterocycles. The normalized spacial score (nSPS) is 11.3. The third-order valence-corrected chi connectivity index (χ3v) is 5.13. The van der Waals surface area contributed by atoms with Gasteiger partial charge in [-0.05, 0) is 0 Å². The number of aliphatic hydroxyl groups excluding tert-OH is 1. The van der Waals surface area contributed by atoms with Gasteiger partial charge < -0.3 is 21.1 Å². The predicted molar refractivity (Wildman–Crippen MR) is 56.9 cm³/mol. The predicted octanol–water partition coefficient (Wildman–Crippen LogP) is -0.907. The van der Waals surface area contributed by atoms with Gasteiger partial charge in [-0.3, -0.25) is 9.59 Å². The van der Waals surface area contributed by atoms with Gasteiger partial charge in [0, 0.05) is 37.9 Å². The molecule has 2 amide bonds. The number of hydrogen-bond acceptors (Lipinski definition) is 4. The molecule has 0 unspecified atom stereocenters. The SMILES string of the molecule is NC(=O)CCP(=O)(CCO)CCC(N)=O. The van der Waals surface area contributed by atoms with Crippen LogP contribution in [0.15, 0.2) is 0 Å². The van der Waals surface area contributed by atoms with Gasteiger partial charge in [0.05, 0.1) is 7.14 Å². The van der Waals surface area contributed by atoms with Crippen molar-refractivity contribution in [2.75, 3.05) is 25.1 Å². The van der Waals surface area contributed by atoms with Crippen LogP contribution in [0, 0.1) is 0 Å². The number of nitrogens with two attached hydrogens (primary N) is 2. The van der Waals surface area contributed by atoms with Crippen molar-refractivity contribution < 1.29 is 19.3 Å². The van der Waals surface area contributed by atoms with Crippen LogP contribution in [0.1, 0.15) is 12.8 Å². The van der Waals surface area contributed by atoms with Gasteiger partial charge in [-0.1, -0.05) is 0 Å². The highest BCUT2D eigenvalue weighted by molar-refractivity contribution is 7.64. The lowest BCUT2D eigenvalue weighted by molar-refractivity contribution is -0.118. The summed E-state index contributed by atoms with van der Waals surface area (Å²) in [6, 6.07) is 0. The average molecular weight is 236 g/mol. The van der Waals surface area contributed by atoms with E-state index in [1.807, 2.05) is 0 Å². The van der Waals surface area contributed by atoms with E-state index in [2.05, 4.69) is 0 Å². The zero-order valence-corrected chi connectivity index (χ0v) is 9.41. The zero-order valence-electron chi connectivity index (χ0n) is 8.52. The van der Waals surface area contributed by atoms with Crippen LogP contribution < -0.4 is 11.5 Å². The largest absolute Gasteiger partial charge is 0.396 e. The molecule has 6 nitrogen and oxygen atoms in total. The summed E-state index contributed by atoms with van der Waals surface area (Å²) in [5, 5.41) is 8.73. The molecule has 0 aromatic carbocycles. The van der Waals surface area contributed by atoms with Crippen LogP contribution in [0.5, 0.6) is 0 Å². The molecule has 0 aromatic heterocycles. The summed E-state index contributed by atoms with van der Waals surface area (Å²) in [4.78, 5) is 21.1. The maximum atomic E-state index is 12.0. The number of primary amides is 2. The fourth-order valence-electron chi connectivity index (χ4n) is 1.15. The molecule has 0 rings (SSSR count). The molecule has 0 atom stereocenters. The Bertz CT molecular complexity index is 258. The highest BCUT2D eigenvalue weighted by Gasteiger charge is 2.22. The molecule has 0 aliphatic rings. The number of rotatable bonds is 8. The second-order valence-electron chi connectivity index (χ2n) is 3.39. The lowest BCUT2D eigenvalue weighted by Gasteiger charge is -2.15. The van der Waals surface area contributed by atoms with Gasteiger partial charge in [0.2, 0.25) is 11.8 Å². The Labute approximate surface area is 88.4 Å². The highest BCUT2D eigenvalue weighted by Crippen LogP contribution is 2.46. The van der Waals surface area contributed by atoms with Crippen LogP contribution >= 0.6 is 7.14 Å². The summed E-state index contributed by atoms with van der Waals surface area (Å²) < 4.78 is 12.0. The quantitative estimate of drug-likeness (QED) is 0.472. The minimum Gasteiger partial charge on any atom is -0.396 e. The lowest BCUT2D eigenvalue weighted by atomic mass is 10.5. The molecule has 0 aliphatic carbocycles. The van der Waals surface area contributed by atoms with E-state index in [1.54, 1.807) is 0 Å². The Hall–Kier alpha value is -0.870. The topological polar surface area (TPSA) is 123 Å². The van der Waals surface area contributed by atoms with Crippen LogP contribution in [0.25, 0.3) is 0 Å². The van der Waals surface area contributed by atoms with Crippen molar-refractivity contribution in [3.63, 3.8) is 0 Å². The van der Waals surface area contributed by atoms with E-state index in [0.717, 1.165) is 0 Å². The van der Waals surface area contributed by atoms with Crippen LogP contribution in [0.2, 0.25) is 0 Å². The highest BCUT2D eigenvalue weighted by atomic mass is 31.2. The third kappa shape index (κ3) is 7.11. The van der Waals surface area contributed by atoms with Gasteiger partial charge in [0.1, 0.15) is 0 Å². The number of amides is 2. The standard InChI is InChI=1S/C8H17N2O4P/c9-7(12)1-4-15(14,6-3-11)5-2-8(10)13/h11H,1-6H2,(H2,9,12)(H2,10,13). The zero-order chi connectivity index (χ0) is 11.9. The van der Waals surface area contributed by atoms with Gasteiger partial charge in [-0.15, -0.1) is 0 Å². The number of carbonyl (C=O) groups is 2. The molecular weight excluding hydrogens is 219 g/mol. The average Bonchev–Trinajstić information content (AvgIpc) is 2.13. The fourth-order valence-corrected chi connectivity index (χ4v) is 3.44. The number of carbonyl (C=O) groups excluding carboxylic acids is 2. The summed E-state index contributed by atoms with van der Waals surface area (Å²) >= 11 is 0. The number of hydrogen-bond donors (Lipinski definition) is 3. The molecule has 5 N–H and O–H groups in total. The molecule has 0 saturated carbocycles. The molecule has 15 heavy (non-hydrogen) atoms. The Morgan fingerprint density at radius 3 is 1.67 bits per heavy atom. The summed E-state index contributed by atoms with van der Waals surface area (Å²) in [5.74, 6) is -1.07. The Balaban J connectivity index is 4.24. The molecule has 0 fully saturated rings. The van der Waals surface area contributed by atoms with Crippen molar-refractivity contribution >= 4 is 19.0 Å². The van der Waals surface area contributed by atoms with Gasteiger partial charge >= 0.3 is 0 Å². The maximum absolute atomic E-state index is 12.0. The first-order valence-corrected chi connectivity index (χ1v) is 6.90. The Morgan fingerprint density at radius 2 is 1.40 bits per heavy atom. The van der Waals surface area contributed by atoms with Crippen molar-refractivity contribution in [2.24, 2.45) is 11.5 Å². The summed E-state index contributed by atoms with van der Waals surface area (Å²) in [5.41, 5.74) is 9.88. The second-order valence-corrected chi connectivity index (χ2v) is 6.84. The molecule has 0 heterocycles. The lowest BCUT2D eigenvalue weighted by Crippen LogP contribution is -2.17. The minimum absolute atomic E-state index is 0.00996. The van der Waals surface area contributed by atoms with E-state index in [0.29, 0.717) is 0 Å². The molecule has 7 heteroatoms. The van der Waals surface area contributed by atoms with E-state index in [9.17, 15) is 14.2 Å². The molecule has 0 aliphatic heterocycles. The van der Waals surface area contributed by atoms with E-state index in [1.165, 1.54) is 0 Å². The fraction of sp³-hybridized carbons (Fsp3) is 0.750. The van der Waals surface area contributed by atoms with Gasteiger partial charge in [0.15, 0.2) is 0 Å². The van der Waals surface area contributed by atoms with Crippen LogP contribution in [0.4, 0.5) is 0 Å².